The maximum atomic E-state index is 12.0. The van der Waals surface area contributed by atoms with Crippen LogP contribution in [0.5, 0.6) is 5.75 Å². The van der Waals surface area contributed by atoms with Crippen molar-refractivity contribution in [2.75, 3.05) is 18.6 Å². The van der Waals surface area contributed by atoms with Crippen LogP contribution in [-0.2, 0) is 9.53 Å². The number of carbonyl (C=O) groups excluding carboxylic acids is 2. The van der Waals surface area contributed by atoms with Gasteiger partial charge in [-0.15, -0.1) is 0 Å². The van der Waals surface area contributed by atoms with E-state index in [2.05, 4.69) is 52.8 Å². The van der Waals surface area contributed by atoms with Crippen LogP contribution in [0.25, 0.3) is 6.08 Å². The summed E-state index contributed by atoms with van der Waals surface area (Å²) in [6, 6.07) is 5.92. The molecular formula is C34H52N2O5. The van der Waals surface area contributed by atoms with Gasteiger partial charge in [-0.2, -0.15) is 0 Å². The third-order valence-corrected chi connectivity index (χ3v) is 8.60. The van der Waals surface area contributed by atoms with Crippen molar-refractivity contribution in [1.29, 1.82) is 0 Å². The van der Waals surface area contributed by atoms with E-state index in [1.54, 1.807) is 11.9 Å². The average Bonchev–Trinajstić information content (AvgIpc) is 2.93. The van der Waals surface area contributed by atoms with Gasteiger partial charge in [-0.25, -0.2) is 4.79 Å². The molecule has 0 fully saturated rings. The monoisotopic (exact) mass is 568 g/mol. The predicted octanol–water partition coefficient (Wildman–Crippen LogP) is 7.00. The predicted molar refractivity (Wildman–Crippen MR) is 168 cm³/mol. The van der Waals surface area contributed by atoms with Crippen molar-refractivity contribution in [1.82, 2.24) is 0 Å². The van der Waals surface area contributed by atoms with Gasteiger partial charge in [-0.3, -0.25) is 4.79 Å². The summed E-state index contributed by atoms with van der Waals surface area (Å²) in [5, 5.41) is 11.2. The molecule has 0 aromatic heterocycles. The number of fused-ring (bicyclic) bond motifs is 1. The number of aliphatic hydroxyl groups excluding tert-OH is 1. The van der Waals surface area contributed by atoms with E-state index >= 15 is 0 Å². The number of aliphatic hydroxyl groups is 1. The number of hydrogen-bond acceptors (Lipinski definition) is 5. The number of carbonyl (C=O) groups is 2. The number of ether oxygens (including phenoxy) is 2. The summed E-state index contributed by atoms with van der Waals surface area (Å²) in [7, 11) is 1.78. The topological polar surface area (TPSA) is 102 Å². The third-order valence-electron chi connectivity index (χ3n) is 8.60. The van der Waals surface area contributed by atoms with Gasteiger partial charge in [0.15, 0.2) is 6.61 Å². The first-order valence-electron chi connectivity index (χ1n) is 15.0. The summed E-state index contributed by atoms with van der Waals surface area (Å²) >= 11 is 0. The summed E-state index contributed by atoms with van der Waals surface area (Å²) in [5.74, 6) is 1.40. The number of amides is 2. The van der Waals surface area contributed by atoms with E-state index in [4.69, 9.17) is 15.2 Å². The minimum Gasteiger partial charge on any atom is -0.482 e. The fraction of sp³-hybridized carbons (Fsp3) is 0.588. The van der Waals surface area contributed by atoms with Crippen molar-refractivity contribution in [3.63, 3.8) is 0 Å². The number of benzene rings is 1. The van der Waals surface area contributed by atoms with Crippen LogP contribution in [0.3, 0.4) is 0 Å². The van der Waals surface area contributed by atoms with E-state index in [0.717, 1.165) is 29.8 Å². The van der Waals surface area contributed by atoms with Crippen molar-refractivity contribution in [3.8, 4) is 5.75 Å². The summed E-state index contributed by atoms with van der Waals surface area (Å²) in [6.07, 6.45) is 10.4. The molecule has 0 aliphatic carbocycles. The molecule has 0 radical (unpaired) electrons. The molecule has 0 bridgehead atoms. The standard InChI is InChI=1S/C34H52N2O5/c1-10-11-12-23(4)33(41-34(35)39)27(8)32(38)25(6)18-21(2)17-24(5)26(7)22(3)13-14-28-15-16-30-29(19-28)36(9)31(37)20-40-30/h11-17,19,22-27,32-33,38H,10,18,20H2,1-9H3,(H2,35,39)/b12-11-,14-13-,21-17-/t22?,23?,24-,25-,26-,27-,32+,33-/m0/s1. The van der Waals surface area contributed by atoms with Crippen molar-refractivity contribution < 1.29 is 24.2 Å². The molecule has 228 valence electrons. The summed E-state index contributed by atoms with van der Waals surface area (Å²) in [6.45, 7) is 16.9. The minimum atomic E-state index is -0.816. The van der Waals surface area contributed by atoms with Gasteiger partial charge in [0.05, 0.1) is 11.8 Å². The zero-order chi connectivity index (χ0) is 30.9. The Hall–Kier alpha value is -3.06. The van der Waals surface area contributed by atoms with Crippen LogP contribution in [0, 0.1) is 35.5 Å². The molecule has 2 rings (SSSR count). The van der Waals surface area contributed by atoms with Crippen LogP contribution < -0.4 is 15.4 Å². The number of hydrogen-bond donors (Lipinski definition) is 2. The van der Waals surface area contributed by atoms with Crippen LogP contribution in [0.4, 0.5) is 10.5 Å². The highest BCUT2D eigenvalue weighted by Crippen LogP contribution is 2.33. The highest BCUT2D eigenvalue weighted by Gasteiger charge is 2.33. The Morgan fingerprint density at radius 1 is 1.10 bits per heavy atom. The number of nitrogens with two attached hydrogens (primary N) is 1. The van der Waals surface area contributed by atoms with Gasteiger partial charge in [-0.1, -0.05) is 90.5 Å². The molecule has 1 aromatic carbocycles. The summed E-state index contributed by atoms with van der Waals surface area (Å²) in [5.41, 5.74) is 8.41. The average molecular weight is 569 g/mol. The van der Waals surface area contributed by atoms with E-state index in [1.165, 1.54) is 5.57 Å². The lowest BCUT2D eigenvalue weighted by Gasteiger charge is -2.33. The first-order chi connectivity index (χ1) is 19.3. The maximum Gasteiger partial charge on any atom is 0.404 e. The Morgan fingerprint density at radius 3 is 2.41 bits per heavy atom. The van der Waals surface area contributed by atoms with Gasteiger partial charge < -0.3 is 25.2 Å². The van der Waals surface area contributed by atoms with Crippen molar-refractivity contribution in [2.45, 2.75) is 80.4 Å². The molecule has 2 amide bonds. The molecule has 0 spiro atoms. The number of anilines is 1. The number of likely N-dealkylation sites (N-methyl/N-ethyl adjacent to an activating group) is 1. The lowest BCUT2D eigenvalue weighted by Crippen LogP contribution is -2.41. The smallest absolute Gasteiger partial charge is 0.404 e. The second-order valence-corrected chi connectivity index (χ2v) is 12.0. The van der Waals surface area contributed by atoms with Crippen LogP contribution in [0.1, 0.15) is 73.8 Å². The molecular weight excluding hydrogens is 516 g/mol. The van der Waals surface area contributed by atoms with Gasteiger partial charge >= 0.3 is 6.09 Å². The van der Waals surface area contributed by atoms with E-state index in [9.17, 15) is 14.7 Å². The van der Waals surface area contributed by atoms with Gasteiger partial charge in [-0.05, 0) is 61.1 Å². The molecule has 7 nitrogen and oxygen atoms in total. The van der Waals surface area contributed by atoms with Gasteiger partial charge in [0.1, 0.15) is 11.9 Å². The Labute approximate surface area is 247 Å². The Bertz CT molecular complexity index is 1110. The van der Waals surface area contributed by atoms with E-state index < -0.39 is 18.3 Å². The SMILES string of the molecule is CC/C=C\C(C)[C@H](OC(N)=O)[C@@H](C)[C@H](O)[C@@H](C)C/C(C)=C\[C@H](C)[C@@H](C)C(C)/C=C\c1ccc2c(c1)N(C)C(=O)CO2. The number of primary amides is 1. The zero-order valence-electron chi connectivity index (χ0n) is 26.5. The van der Waals surface area contributed by atoms with Crippen LogP contribution in [-0.4, -0.2) is 43.0 Å². The van der Waals surface area contributed by atoms with Gasteiger partial charge in [0, 0.05) is 18.9 Å². The Kier molecular flexibility index (Phi) is 13.2. The molecule has 7 heteroatoms. The van der Waals surface area contributed by atoms with Crippen molar-refractivity contribution in [2.24, 2.45) is 41.2 Å². The maximum absolute atomic E-state index is 12.0. The number of nitrogens with zero attached hydrogens (tertiary/aromatic N) is 1. The van der Waals surface area contributed by atoms with Crippen LogP contribution >= 0.6 is 0 Å². The summed E-state index contributed by atoms with van der Waals surface area (Å²) < 4.78 is 11.0. The number of rotatable bonds is 14. The first kappa shape index (κ1) is 34.1. The molecule has 2 unspecified atom stereocenters. The minimum absolute atomic E-state index is 0.0135. The second kappa shape index (κ2) is 15.8. The molecule has 8 atom stereocenters. The Morgan fingerprint density at radius 2 is 1.78 bits per heavy atom. The molecule has 3 N–H and O–H groups in total. The molecule has 1 aliphatic heterocycles. The molecule has 1 aliphatic rings. The van der Waals surface area contributed by atoms with Crippen LogP contribution in [0.2, 0.25) is 0 Å². The molecule has 41 heavy (non-hydrogen) atoms. The lowest BCUT2D eigenvalue weighted by molar-refractivity contribution is -0.120. The lowest BCUT2D eigenvalue weighted by atomic mass is 9.80. The summed E-state index contributed by atoms with van der Waals surface area (Å²) in [4.78, 5) is 25.2. The second-order valence-electron chi connectivity index (χ2n) is 12.0. The van der Waals surface area contributed by atoms with E-state index in [-0.39, 0.29) is 30.3 Å². The van der Waals surface area contributed by atoms with Crippen LogP contribution in [0.15, 0.2) is 48.1 Å². The zero-order valence-corrected chi connectivity index (χ0v) is 26.5. The van der Waals surface area contributed by atoms with Gasteiger partial charge in [0.2, 0.25) is 0 Å². The molecule has 0 saturated heterocycles. The third kappa shape index (κ3) is 9.77. The molecule has 0 saturated carbocycles. The normalized spacial score (nSPS) is 20.1. The van der Waals surface area contributed by atoms with E-state index in [1.807, 2.05) is 51.1 Å². The number of allylic oxidation sites excluding steroid dienone is 4. The van der Waals surface area contributed by atoms with Crippen molar-refractivity contribution in [3.05, 3.63) is 53.6 Å². The van der Waals surface area contributed by atoms with Crippen molar-refractivity contribution >= 4 is 23.8 Å². The molecule has 1 aromatic rings. The Balaban J connectivity index is 2.02. The largest absolute Gasteiger partial charge is 0.482 e. The van der Waals surface area contributed by atoms with E-state index in [0.29, 0.717) is 17.8 Å². The molecule has 1 heterocycles. The first-order valence-corrected chi connectivity index (χ1v) is 15.0. The highest BCUT2D eigenvalue weighted by molar-refractivity contribution is 5.97. The fourth-order valence-corrected chi connectivity index (χ4v) is 5.61. The highest BCUT2D eigenvalue weighted by atomic mass is 16.6. The fourth-order valence-electron chi connectivity index (χ4n) is 5.61. The quantitative estimate of drug-likeness (QED) is 0.235. The van der Waals surface area contributed by atoms with Gasteiger partial charge in [0.25, 0.3) is 5.91 Å².